The SMILES string of the molecule is COCCOCCCOc1ccc(OC)cc1CBr. The molecule has 0 N–H and O–H groups in total. The summed E-state index contributed by atoms with van der Waals surface area (Å²) >= 11 is 3.45. The van der Waals surface area contributed by atoms with Crippen LogP contribution in [-0.2, 0) is 14.8 Å². The molecule has 0 heterocycles. The quantitative estimate of drug-likeness (QED) is 0.487. The molecule has 0 radical (unpaired) electrons. The first-order valence-electron chi connectivity index (χ1n) is 6.24. The molecule has 0 fully saturated rings. The maximum absolute atomic E-state index is 5.74. The molecule has 0 aromatic heterocycles. The Morgan fingerprint density at radius 2 is 1.89 bits per heavy atom. The summed E-state index contributed by atoms with van der Waals surface area (Å²) in [5.74, 6) is 1.72. The van der Waals surface area contributed by atoms with Crippen molar-refractivity contribution in [1.29, 1.82) is 0 Å². The van der Waals surface area contributed by atoms with Crippen LogP contribution in [0.5, 0.6) is 11.5 Å². The van der Waals surface area contributed by atoms with Crippen LogP contribution in [-0.4, -0.2) is 40.6 Å². The minimum absolute atomic E-state index is 0.631. The summed E-state index contributed by atoms with van der Waals surface area (Å²) in [6, 6.07) is 5.80. The van der Waals surface area contributed by atoms with Gasteiger partial charge in [0.25, 0.3) is 0 Å². The molecule has 5 heteroatoms. The van der Waals surface area contributed by atoms with E-state index < -0.39 is 0 Å². The third-order valence-electron chi connectivity index (χ3n) is 2.53. The van der Waals surface area contributed by atoms with E-state index in [4.69, 9.17) is 18.9 Å². The number of rotatable bonds is 10. The lowest BCUT2D eigenvalue weighted by Crippen LogP contribution is -2.07. The van der Waals surface area contributed by atoms with Gasteiger partial charge in [0, 0.05) is 31.0 Å². The van der Waals surface area contributed by atoms with E-state index in [1.807, 2.05) is 18.2 Å². The molecule has 0 aliphatic heterocycles. The Labute approximate surface area is 123 Å². The van der Waals surface area contributed by atoms with Gasteiger partial charge < -0.3 is 18.9 Å². The largest absolute Gasteiger partial charge is 0.497 e. The molecule has 0 amide bonds. The van der Waals surface area contributed by atoms with Crippen LogP contribution in [0.1, 0.15) is 12.0 Å². The van der Waals surface area contributed by atoms with Gasteiger partial charge in [0.2, 0.25) is 0 Å². The van der Waals surface area contributed by atoms with E-state index >= 15 is 0 Å². The Balaban J connectivity index is 2.28. The fourth-order valence-electron chi connectivity index (χ4n) is 1.52. The molecule has 1 aromatic rings. The minimum atomic E-state index is 0.631. The number of benzene rings is 1. The van der Waals surface area contributed by atoms with Crippen LogP contribution in [0.4, 0.5) is 0 Å². The summed E-state index contributed by atoms with van der Waals surface area (Å²) in [6.45, 7) is 2.58. The number of ether oxygens (including phenoxy) is 4. The highest BCUT2D eigenvalue weighted by molar-refractivity contribution is 9.08. The zero-order valence-corrected chi connectivity index (χ0v) is 13.1. The van der Waals surface area contributed by atoms with E-state index in [1.165, 1.54) is 0 Å². The first kappa shape index (κ1) is 16.3. The highest BCUT2D eigenvalue weighted by Crippen LogP contribution is 2.26. The topological polar surface area (TPSA) is 36.9 Å². The monoisotopic (exact) mass is 332 g/mol. The fraction of sp³-hybridized carbons (Fsp3) is 0.571. The first-order chi connectivity index (χ1) is 9.31. The molecule has 0 unspecified atom stereocenters. The molecule has 0 aliphatic rings. The van der Waals surface area contributed by atoms with Gasteiger partial charge >= 0.3 is 0 Å². The molecule has 0 atom stereocenters. The Kier molecular flexibility index (Phi) is 8.62. The van der Waals surface area contributed by atoms with Crippen LogP contribution < -0.4 is 9.47 Å². The summed E-state index contributed by atoms with van der Waals surface area (Å²) in [5, 5.41) is 0.740. The summed E-state index contributed by atoms with van der Waals surface area (Å²) in [6.07, 6.45) is 0.859. The van der Waals surface area contributed by atoms with Crippen molar-refractivity contribution in [2.45, 2.75) is 11.8 Å². The second kappa shape index (κ2) is 10.1. The van der Waals surface area contributed by atoms with Gasteiger partial charge in [-0.3, -0.25) is 0 Å². The zero-order valence-electron chi connectivity index (χ0n) is 11.5. The van der Waals surface area contributed by atoms with Crippen LogP contribution in [0.2, 0.25) is 0 Å². The molecular weight excluding hydrogens is 312 g/mol. The molecule has 1 rings (SSSR count). The molecule has 0 saturated heterocycles. The molecule has 0 saturated carbocycles. The number of alkyl halides is 1. The average molecular weight is 333 g/mol. The predicted molar refractivity (Wildman–Crippen MR) is 78.4 cm³/mol. The zero-order chi connectivity index (χ0) is 13.9. The van der Waals surface area contributed by atoms with Crippen molar-refractivity contribution in [3.8, 4) is 11.5 Å². The molecule has 108 valence electrons. The van der Waals surface area contributed by atoms with Gasteiger partial charge in [0.05, 0.1) is 26.9 Å². The first-order valence-corrected chi connectivity index (χ1v) is 7.36. The smallest absolute Gasteiger partial charge is 0.123 e. The maximum atomic E-state index is 5.74. The Hall–Kier alpha value is -0.780. The van der Waals surface area contributed by atoms with Crippen LogP contribution >= 0.6 is 15.9 Å². The van der Waals surface area contributed by atoms with Gasteiger partial charge in [-0.05, 0) is 18.2 Å². The molecule has 4 nitrogen and oxygen atoms in total. The van der Waals surface area contributed by atoms with Gasteiger partial charge in [0.1, 0.15) is 11.5 Å². The number of hydrogen-bond acceptors (Lipinski definition) is 4. The number of halogens is 1. The molecular formula is C14H21BrO4. The lowest BCUT2D eigenvalue weighted by atomic mass is 10.2. The van der Waals surface area contributed by atoms with Crippen molar-refractivity contribution < 1.29 is 18.9 Å². The lowest BCUT2D eigenvalue weighted by Gasteiger charge is -2.11. The normalized spacial score (nSPS) is 10.5. The van der Waals surface area contributed by atoms with E-state index in [0.717, 1.165) is 28.8 Å². The van der Waals surface area contributed by atoms with E-state index in [0.29, 0.717) is 26.4 Å². The molecule has 0 bridgehead atoms. The van der Waals surface area contributed by atoms with Gasteiger partial charge in [0.15, 0.2) is 0 Å². The van der Waals surface area contributed by atoms with E-state index in [2.05, 4.69) is 15.9 Å². The van der Waals surface area contributed by atoms with Gasteiger partial charge in [-0.1, -0.05) is 15.9 Å². The summed E-state index contributed by atoms with van der Waals surface area (Å²) in [5.41, 5.74) is 1.08. The predicted octanol–water partition coefficient (Wildman–Crippen LogP) is 3.02. The van der Waals surface area contributed by atoms with Crippen LogP contribution in [0.3, 0.4) is 0 Å². The molecule has 0 spiro atoms. The Morgan fingerprint density at radius 3 is 2.58 bits per heavy atom. The van der Waals surface area contributed by atoms with Crippen LogP contribution in [0.25, 0.3) is 0 Å². The highest BCUT2D eigenvalue weighted by Gasteiger charge is 2.04. The highest BCUT2D eigenvalue weighted by atomic mass is 79.9. The summed E-state index contributed by atoms with van der Waals surface area (Å²) < 4.78 is 21.2. The van der Waals surface area contributed by atoms with Gasteiger partial charge in [-0.2, -0.15) is 0 Å². The average Bonchev–Trinajstić information content (AvgIpc) is 2.46. The third-order valence-corrected chi connectivity index (χ3v) is 3.14. The van der Waals surface area contributed by atoms with Crippen molar-refractivity contribution in [3.63, 3.8) is 0 Å². The number of methoxy groups -OCH3 is 2. The lowest BCUT2D eigenvalue weighted by molar-refractivity contribution is 0.0644. The van der Waals surface area contributed by atoms with E-state index in [-0.39, 0.29) is 0 Å². The molecule has 0 aliphatic carbocycles. The molecule has 1 aromatic carbocycles. The van der Waals surface area contributed by atoms with E-state index in [9.17, 15) is 0 Å². The Morgan fingerprint density at radius 1 is 1.05 bits per heavy atom. The van der Waals surface area contributed by atoms with Crippen LogP contribution in [0, 0.1) is 0 Å². The number of hydrogen-bond donors (Lipinski definition) is 0. The van der Waals surface area contributed by atoms with Crippen molar-refractivity contribution in [2.75, 3.05) is 40.6 Å². The fourth-order valence-corrected chi connectivity index (χ4v) is 1.95. The standard InChI is InChI=1S/C14H21BrO4/c1-16-8-9-18-6-3-7-19-14-5-4-13(17-2)10-12(14)11-15/h4-5,10H,3,6-9,11H2,1-2H3. The van der Waals surface area contributed by atoms with Gasteiger partial charge in [-0.15, -0.1) is 0 Å². The van der Waals surface area contributed by atoms with Crippen molar-refractivity contribution >= 4 is 15.9 Å². The van der Waals surface area contributed by atoms with Crippen molar-refractivity contribution in [1.82, 2.24) is 0 Å². The third kappa shape index (κ3) is 6.27. The van der Waals surface area contributed by atoms with E-state index in [1.54, 1.807) is 14.2 Å². The van der Waals surface area contributed by atoms with Crippen LogP contribution in [0.15, 0.2) is 18.2 Å². The van der Waals surface area contributed by atoms with Crippen molar-refractivity contribution in [2.24, 2.45) is 0 Å². The van der Waals surface area contributed by atoms with Crippen molar-refractivity contribution in [3.05, 3.63) is 23.8 Å². The second-order valence-corrected chi connectivity index (χ2v) is 4.48. The van der Waals surface area contributed by atoms with Gasteiger partial charge in [-0.25, -0.2) is 0 Å². The Bertz CT molecular complexity index is 357. The molecule has 19 heavy (non-hydrogen) atoms. The summed E-state index contributed by atoms with van der Waals surface area (Å²) in [4.78, 5) is 0. The second-order valence-electron chi connectivity index (χ2n) is 3.91. The maximum Gasteiger partial charge on any atom is 0.123 e. The summed E-state index contributed by atoms with van der Waals surface area (Å²) in [7, 11) is 3.32. The minimum Gasteiger partial charge on any atom is -0.497 e.